The highest BCUT2D eigenvalue weighted by Crippen LogP contribution is 2.77. The number of hydrogen-bond acceptors (Lipinski definition) is 2. The summed E-state index contributed by atoms with van der Waals surface area (Å²) in [6.07, 6.45) is 13.1. The molecular weight excluding hydrogens is 392 g/mol. The molecule has 32 heavy (non-hydrogen) atoms. The van der Waals surface area contributed by atoms with Gasteiger partial charge in [0.2, 0.25) is 0 Å². The van der Waals surface area contributed by atoms with Gasteiger partial charge in [-0.2, -0.15) is 0 Å². The van der Waals surface area contributed by atoms with Crippen molar-refractivity contribution < 1.29 is 9.90 Å². The number of aliphatic hydroxyl groups excluding tert-OH is 1. The first-order valence-corrected chi connectivity index (χ1v) is 13.7. The maximum absolute atomic E-state index is 12.6. The van der Waals surface area contributed by atoms with Crippen LogP contribution in [0.2, 0.25) is 0 Å². The van der Waals surface area contributed by atoms with Gasteiger partial charge in [0.15, 0.2) is 0 Å². The van der Waals surface area contributed by atoms with E-state index in [-0.39, 0.29) is 16.9 Å². The fraction of sp³-hybridized carbons (Fsp3) is 0.900. The van der Waals surface area contributed by atoms with Crippen molar-refractivity contribution in [2.24, 2.45) is 56.7 Å². The van der Waals surface area contributed by atoms with Crippen LogP contribution in [-0.4, -0.2) is 17.5 Å². The molecule has 0 spiro atoms. The Morgan fingerprint density at radius 1 is 0.844 bits per heavy atom. The summed E-state index contributed by atoms with van der Waals surface area (Å²) in [5, 5.41) is 10.9. The molecule has 0 heterocycles. The van der Waals surface area contributed by atoms with Crippen LogP contribution in [0.3, 0.4) is 0 Å². The molecule has 5 rings (SSSR count). The van der Waals surface area contributed by atoms with Gasteiger partial charge in [0.25, 0.3) is 0 Å². The van der Waals surface area contributed by atoms with Gasteiger partial charge in [-0.1, -0.05) is 46.8 Å². The van der Waals surface area contributed by atoms with Crippen LogP contribution in [-0.2, 0) is 4.79 Å². The van der Waals surface area contributed by atoms with Crippen LogP contribution in [0.4, 0.5) is 0 Å². The lowest BCUT2D eigenvalue weighted by Crippen LogP contribution is -2.66. The highest BCUT2D eigenvalue weighted by Gasteiger charge is 2.70. The summed E-state index contributed by atoms with van der Waals surface area (Å²) in [6.45, 7) is 19.2. The molecule has 3 unspecified atom stereocenters. The molecule has 0 amide bonds. The number of aldehydes is 1. The molecule has 180 valence electrons. The number of rotatable bonds is 2. The maximum atomic E-state index is 12.6. The van der Waals surface area contributed by atoms with Gasteiger partial charge in [0.05, 0.1) is 6.10 Å². The summed E-state index contributed by atoms with van der Waals surface area (Å²) in [7, 11) is 0. The fourth-order valence-corrected chi connectivity index (χ4v) is 11.4. The normalized spacial score (nSPS) is 56.3. The van der Waals surface area contributed by atoms with E-state index in [1.807, 2.05) is 0 Å². The van der Waals surface area contributed by atoms with E-state index in [2.05, 4.69) is 48.1 Å². The first-order chi connectivity index (χ1) is 14.9. The molecule has 5 fully saturated rings. The second-order valence-electron chi connectivity index (χ2n) is 14.4. The van der Waals surface area contributed by atoms with Crippen LogP contribution >= 0.6 is 0 Å². The minimum absolute atomic E-state index is 0.0157. The molecule has 2 heteroatoms. The van der Waals surface area contributed by atoms with Crippen molar-refractivity contribution in [3.05, 3.63) is 12.2 Å². The van der Waals surface area contributed by atoms with E-state index in [1.165, 1.54) is 50.4 Å². The summed E-state index contributed by atoms with van der Waals surface area (Å²) >= 11 is 0. The lowest BCUT2D eigenvalue weighted by atomic mass is 9.32. The van der Waals surface area contributed by atoms with Gasteiger partial charge in [-0.3, -0.25) is 0 Å². The summed E-state index contributed by atoms with van der Waals surface area (Å²) < 4.78 is 0. The van der Waals surface area contributed by atoms with Crippen LogP contribution in [0, 0.1) is 56.7 Å². The predicted octanol–water partition coefficient (Wildman–Crippen LogP) is 7.20. The number of carbonyl (C=O) groups excluding carboxylic acids is 1. The van der Waals surface area contributed by atoms with Crippen molar-refractivity contribution in [1.29, 1.82) is 0 Å². The van der Waals surface area contributed by atoms with Gasteiger partial charge in [-0.25, -0.2) is 0 Å². The molecule has 10 atom stereocenters. The molecule has 0 aromatic heterocycles. The van der Waals surface area contributed by atoms with Crippen LogP contribution in [0.25, 0.3) is 0 Å². The van der Waals surface area contributed by atoms with Crippen LogP contribution in [0.1, 0.15) is 106 Å². The molecular formula is C30H48O2. The molecule has 5 saturated carbocycles. The van der Waals surface area contributed by atoms with Gasteiger partial charge >= 0.3 is 0 Å². The Bertz CT molecular complexity index is 814. The molecule has 1 N–H and O–H groups in total. The zero-order valence-corrected chi connectivity index (χ0v) is 21.7. The maximum Gasteiger partial charge on any atom is 0.126 e. The summed E-state index contributed by atoms with van der Waals surface area (Å²) in [5.41, 5.74) is 2.20. The van der Waals surface area contributed by atoms with Gasteiger partial charge in [-0.05, 0) is 122 Å². The van der Waals surface area contributed by atoms with E-state index in [1.54, 1.807) is 0 Å². The number of carbonyl (C=O) groups is 1. The monoisotopic (exact) mass is 440 g/mol. The summed E-state index contributed by atoms with van der Waals surface area (Å²) in [6, 6.07) is 0. The van der Waals surface area contributed by atoms with Crippen molar-refractivity contribution in [2.75, 3.05) is 0 Å². The number of hydrogen-bond donors (Lipinski definition) is 1. The molecule has 5 aliphatic rings. The van der Waals surface area contributed by atoms with E-state index in [4.69, 9.17) is 0 Å². The smallest absolute Gasteiger partial charge is 0.126 e. The molecule has 0 bridgehead atoms. The van der Waals surface area contributed by atoms with Gasteiger partial charge < -0.3 is 9.90 Å². The second-order valence-corrected chi connectivity index (χ2v) is 14.4. The third-order valence-electron chi connectivity index (χ3n) is 13.3. The number of aliphatic hydroxyl groups is 1. The molecule has 0 aromatic carbocycles. The molecule has 0 aromatic rings. The largest absolute Gasteiger partial charge is 0.393 e. The highest BCUT2D eigenvalue weighted by atomic mass is 16.3. The quantitative estimate of drug-likeness (QED) is 0.364. The van der Waals surface area contributed by atoms with Gasteiger partial charge in [0, 0.05) is 5.41 Å². The SMILES string of the molecule is C=C(C)[C@@H]1CC[C@]2(C=O)CC[C@]3(C)C(CCC4[C@@]5(C)CC[C@H](O)C(C)(C)[C@@H]5CC[C@]43C)C12. The summed E-state index contributed by atoms with van der Waals surface area (Å²) in [4.78, 5) is 12.6. The lowest BCUT2D eigenvalue weighted by molar-refractivity contribution is -0.245. The summed E-state index contributed by atoms with van der Waals surface area (Å²) in [5.74, 6) is 3.03. The van der Waals surface area contributed by atoms with Crippen molar-refractivity contribution in [2.45, 2.75) is 112 Å². The average Bonchev–Trinajstić information content (AvgIpc) is 3.12. The minimum Gasteiger partial charge on any atom is -0.393 e. The Hall–Kier alpha value is -0.630. The van der Waals surface area contributed by atoms with E-state index in [9.17, 15) is 9.90 Å². The number of fused-ring (bicyclic) bond motifs is 7. The molecule has 2 nitrogen and oxygen atoms in total. The van der Waals surface area contributed by atoms with E-state index < -0.39 is 0 Å². The Morgan fingerprint density at radius 2 is 1.56 bits per heavy atom. The van der Waals surface area contributed by atoms with Crippen LogP contribution in [0.5, 0.6) is 0 Å². The average molecular weight is 441 g/mol. The molecule has 0 aliphatic heterocycles. The Labute approximate surface area is 197 Å². The standard InChI is InChI=1S/C30H48O2/c1-19(2)20-10-15-30(18-31)17-16-28(6)21(25(20)30)8-9-23-27(5)13-12-24(32)26(3,4)22(27)11-14-29(23,28)7/h18,20-25,32H,1,8-17H2,2-7H3/t20-,21?,22-,23?,24-,25?,27-,28+,29+,30+/m0/s1. The molecule has 5 aliphatic carbocycles. The third-order valence-corrected chi connectivity index (χ3v) is 13.3. The minimum atomic E-state index is -0.158. The Morgan fingerprint density at radius 3 is 2.22 bits per heavy atom. The third kappa shape index (κ3) is 2.60. The molecule has 0 radical (unpaired) electrons. The Kier molecular flexibility index (Phi) is 5.03. The first-order valence-electron chi connectivity index (χ1n) is 13.7. The van der Waals surface area contributed by atoms with Crippen LogP contribution < -0.4 is 0 Å². The lowest BCUT2D eigenvalue weighted by Gasteiger charge is -2.72. The zero-order valence-electron chi connectivity index (χ0n) is 21.7. The molecule has 0 saturated heterocycles. The van der Waals surface area contributed by atoms with E-state index >= 15 is 0 Å². The van der Waals surface area contributed by atoms with Gasteiger partial charge in [0.1, 0.15) is 6.29 Å². The van der Waals surface area contributed by atoms with Crippen molar-refractivity contribution in [1.82, 2.24) is 0 Å². The fourth-order valence-electron chi connectivity index (χ4n) is 11.4. The number of allylic oxidation sites excluding steroid dienone is 1. The first kappa shape index (κ1) is 23.1. The van der Waals surface area contributed by atoms with E-state index in [0.29, 0.717) is 39.9 Å². The Balaban J connectivity index is 1.56. The van der Waals surface area contributed by atoms with Crippen molar-refractivity contribution in [3.8, 4) is 0 Å². The predicted molar refractivity (Wildman–Crippen MR) is 131 cm³/mol. The van der Waals surface area contributed by atoms with Gasteiger partial charge in [-0.15, -0.1) is 0 Å². The van der Waals surface area contributed by atoms with Crippen molar-refractivity contribution >= 4 is 6.29 Å². The second kappa shape index (κ2) is 6.96. The van der Waals surface area contributed by atoms with E-state index in [0.717, 1.165) is 31.6 Å². The van der Waals surface area contributed by atoms with Crippen molar-refractivity contribution in [3.63, 3.8) is 0 Å². The zero-order chi connectivity index (χ0) is 23.3. The van der Waals surface area contributed by atoms with Crippen LogP contribution in [0.15, 0.2) is 12.2 Å². The topological polar surface area (TPSA) is 37.3 Å². The highest BCUT2D eigenvalue weighted by molar-refractivity contribution is 5.62.